The first-order valence-corrected chi connectivity index (χ1v) is 10.5. The van der Waals surface area contributed by atoms with Crippen molar-refractivity contribution in [1.82, 2.24) is 15.1 Å². The lowest BCUT2D eigenvalue weighted by molar-refractivity contribution is 0.0659. The fraction of sp³-hybridized carbons (Fsp3) is 0.682. The summed E-state index contributed by atoms with van der Waals surface area (Å²) in [5.74, 6) is 0.971. The highest BCUT2D eigenvalue weighted by molar-refractivity contribution is 5.94. The smallest absolute Gasteiger partial charge is 0.253 e. The van der Waals surface area contributed by atoms with Gasteiger partial charge in [-0.05, 0) is 83.2 Å². The van der Waals surface area contributed by atoms with Crippen molar-refractivity contribution in [2.24, 2.45) is 0 Å². The molecule has 0 bridgehead atoms. The molecule has 2 aliphatic rings. The third-order valence-corrected chi connectivity index (χ3v) is 5.25. The van der Waals surface area contributed by atoms with Crippen LogP contribution in [0.1, 0.15) is 56.3 Å². The number of piperidine rings is 2. The summed E-state index contributed by atoms with van der Waals surface area (Å²) in [6.45, 7) is 8.40. The summed E-state index contributed by atoms with van der Waals surface area (Å²) in [5, 5.41) is 3.34. The zero-order valence-corrected chi connectivity index (χ0v) is 17.5. The minimum Gasteiger partial charge on any atom is -0.490 e. The number of carbonyl (C=O) groups excluding carboxylic acids is 1. The molecule has 1 amide bonds. The van der Waals surface area contributed by atoms with Gasteiger partial charge < -0.3 is 19.9 Å². The van der Waals surface area contributed by atoms with E-state index in [4.69, 9.17) is 4.74 Å². The maximum atomic E-state index is 12.7. The lowest BCUT2D eigenvalue weighted by Gasteiger charge is -2.35. The van der Waals surface area contributed by atoms with E-state index in [0.29, 0.717) is 6.04 Å². The average molecular weight is 376 g/mol. The molecule has 2 heterocycles. The van der Waals surface area contributed by atoms with E-state index in [1.165, 1.54) is 6.42 Å². The molecule has 0 spiro atoms. The highest BCUT2D eigenvalue weighted by Gasteiger charge is 2.24. The quantitative estimate of drug-likeness (QED) is 0.876. The number of benzene rings is 1. The Morgan fingerprint density at radius 2 is 1.67 bits per heavy atom. The van der Waals surface area contributed by atoms with Crippen molar-refractivity contribution < 1.29 is 9.53 Å². The Kier molecular flexibility index (Phi) is 9.08. The summed E-state index contributed by atoms with van der Waals surface area (Å²) in [6.07, 6.45) is 5.72. The molecule has 27 heavy (non-hydrogen) atoms. The van der Waals surface area contributed by atoms with E-state index in [-0.39, 0.29) is 12.0 Å². The highest BCUT2D eigenvalue weighted by atomic mass is 16.5. The Hall–Kier alpha value is -1.59. The van der Waals surface area contributed by atoms with Gasteiger partial charge in [-0.15, -0.1) is 0 Å². The van der Waals surface area contributed by atoms with Crippen LogP contribution in [0.3, 0.4) is 0 Å². The molecule has 0 atom stereocenters. The molecule has 0 aromatic heterocycles. The fourth-order valence-corrected chi connectivity index (χ4v) is 3.53. The Bertz CT molecular complexity index is 547. The second-order valence-electron chi connectivity index (χ2n) is 7.75. The summed E-state index contributed by atoms with van der Waals surface area (Å²) >= 11 is 0. The van der Waals surface area contributed by atoms with E-state index in [9.17, 15) is 4.79 Å². The van der Waals surface area contributed by atoms with Crippen LogP contribution in [0.25, 0.3) is 0 Å². The third kappa shape index (κ3) is 6.82. The zero-order valence-electron chi connectivity index (χ0n) is 17.5. The molecule has 2 fully saturated rings. The molecule has 2 saturated heterocycles. The number of nitrogens with zero attached hydrogens (tertiary/aromatic N) is 2. The Morgan fingerprint density at radius 3 is 2.22 bits per heavy atom. The Balaban J connectivity index is 0.000000817. The molecule has 2 aliphatic heterocycles. The van der Waals surface area contributed by atoms with Crippen molar-refractivity contribution in [2.75, 3.05) is 40.3 Å². The van der Waals surface area contributed by atoms with E-state index >= 15 is 0 Å². The molecule has 3 rings (SSSR count). The molecule has 0 saturated carbocycles. The van der Waals surface area contributed by atoms with Crippen molar-refractivity contribution >= 4 is 5.91 Å². The average Bonchev–Trinajstić information content (AvgIpc) is 2.69. The summed E-state index contributed by atoms with van der Waals surface area (Å²) in [7, 11) is 4.07. The van der Waals surface area contributed by atoms with Gasteiger partial charge in [-0.3, -0.25) is 4.79 Å². The van der Waals surface area contributed by atoms with Crippen molar-refractivity contribution in [3.8, 4) is 5.75 Å². The number of rotatable bonds is 4. The standard InChI is InChI=1S/C19H29N3O2.C3H8/c1-21-13-9-16(10-14-21)22(2)19(23)15-3-5-17(6-4-15)24-18-7-11-20-12-8-18;1-3-2/h3-6,16,18,20H,7-14H2,1-2H3;3H2,1-2H3. The number of likely N-dealkylation sites (tertiary alicyclic amines) is 1. The first kappa shape index (κ1) is 21.7. The van der Waals surface area contributed by atoms with E-state index in [1.807, 2.05) is 36.2 Å². The predicted octanol–water partition coefficient (Wildman–Crippen LogP) is 3.40. The van der Waals surface area contributed by atoms with Crippen molar-refractivity contribution in [3.05, 3.63) is 29.8 Å². The van der Waals surface area contributed by atoms with E-state index in [1.54, 1.807) is 0 Å². The van der Waals surface area contributed by atoms with Gasteiger partial charge in [-0.1, -0.05) is 20.3 Å². The van der Waals surface area contributed by atoms with Crippen molar-refractivity contribution in [2.45, 2.75) is 58.1 Å². The van der Waals surface area contributed by atoms with Gasteiger partial charge in [-0.25, -0.2) is 0 Å². The van der Waals surface area contributed by atoms with Crippen LogP contribution in [0, 0.1) is 0 Å². The van der Waals surface area contributed by atoms with Crippen LogP contribution < -0.4 is 10.1 Å². The molecule has 5 heteroatoms. The highest BCUT2D eigenvalue weighted by Crippen LogP contribution is 2.20. The van der Waals surface area contributed by atoms with Crippen LogP contribution in [0.5, 0.6) is 5.75 Å². The molecule has 0 aliphatic carbocycles. The van der Waals surface area contributed by atoms with Gasteiger partial charge in [0.05, 0.1) is 0 Å². The second-order valence-corrected chi connectivity index (χ2v) is 7.75. The summed E-state index contributed by atoms with van der Waals surface area (Å²) in [5.41, 5.74) is 0.745. The Labute approximate surface area is 165 Å². The third-order valence-electron chi connectivity index (χ3n) is 5.25. The van der Waals surface area contributed by atoms with E-state index < -0.39 is 0 Å². The molecular formula is C22H37N3O2. The first-order chi connectivity index (χ1) is 13.0. The van der Waals surface area contributed by atoms with Gasteiger partial charge in [0.1, 0.15) is 11.9 Å². The van der Waals surface area contributed by atoms with Gasteiger partial charge in [0.25, 0.3) is 5.91 Å². The van der Waals surface area contributed by atoms with Gasteiger partial charge in [0.2, 0.25) is 0 Å². The van der Waals surface area contributed by atoms with Gasteiger partial charge in [0.15, 0.2) is 0 Å². The minimum absolute atomic E-state index is 0.109. The van der Waals surface area contributed by atoms with Gasteiger partial charge >= 0.3 is 0 Å². The summed E-state index contributed by atoms with van der Waals surface area (Å²) in [6, 6.07) is 7.99. The first-order valence-electron chi connectivity index (χ1n) is 10.5. The van der Waals surface area contributed by atoms with Crippen LogP contribution in [0.2, 0.25) is 0 Å². The predicted molar refractivity (Wildman–Crippen MR) is 112 cm³/mol. The zero-order chi connectivity index (χ0) is 19.6. The molecule has 1 N–H and O–H groups in total. The van der Waals surface area contributed by atoms with Crippen molar-refractivity contribution in [1.29, 1.82) is 0 Å². The number of ether oxygens (including phenoxy) is 1. The van der Waals surface area contributed by atoms with Crippen LogP contribution in [0.4, 0.5) is 0 Å². The fourth-order valence-electron chi connectivity index (χ4n) is 3.53. The van der Waals surface area contributed by atoms with E-state index in [0.717, 1.165) is 63.2 Å². The second kappa shape index (κ2) is 11.3. The van der Waals surface area contributed by atoms with Crippen LogP contribution in [-0.4, -0.2) is 68.1 Å². The van der Waals surface area contributed by atoms with Crippen LogP contribution in [-0.2, 0) is 0 Å². The Morgan fingerprint density at radius 1 is 1.11 bits per heavy atom. The SMILES string of the molecule is CCC.CN1CCC(N(C)C(=O)c2ccc(OC3CCNCC3)cc2)CC1. The van der Waals surface area contributed by atoms with E-state index in [2.05, 4.69) is 31.1 Å². The van der Waals surface area contributed by atoms with Crippen LogP contribution in [0.15, 0.2) is 24.3 Å². The lowest BCUT2D eigenvalue weighted by Crippen LogP contribution is -2.44. The van der Waals surface area contributed by atoms with Gasteiger partial charge in [0, 0.05) is 18.7 Å². The maximum Gasteiger partial charge on any atom is 0.253 e. The maximum absolute atomic E-state index is 12.7. The largest absolute Gasteiger partial charge is 0.490 e. The normalized spacial score (nSPS) is 19.1. The minimum atomic E-state index is 0.109. The number of hydrogen-bond donors (Lipinski definition) is 1. The number of amides is 1. The monoisotopic (exact) mass is 375 g/mol. The van der Waals surface area contributed by atoms with Gasteiger partial charge in [-0.2, -0.15) is 0 Å². The summed E-state index contributed by atoms with van der Waals surface area (Å²) < 4.78 is 6.01. The molecule has 5 nitrogen and oxygen atoms in total. The topological polar surface area (TPSA) is 44.8 Å². The van der Waals surface area contributed by atoms with Crippen LogP contribution >= 0.6 is 0 Å². The molecular weight excluding hydrogens is 338 g/mol. The molecule has 0 radical (unpaired) electrons. The number of nitrogens with one attached hydrogen (secondary N) is 1. The number of carbonyl (C=O) groups is 1. The number of hydrogen-bond acceptors (Lipinski definition) is 4. The molecule has 152 valence electrons. The lowest BCUT2D eigenvalue weighted by atomic mass is 10.0. The summed E-state index contributed by atoms with van der Waals surface area (Å²) in [4.78, 5) is 16.9. The molecule has 1 aromatic carbocycles. The van der Waals surface area contributed by atoms with Crippen molar-refractivity contribution in [3.63, 3.8) is 0 Å². The molecule has 1 aromatic rings. The molecule has 0 unspecified atom stereocenters.